The van der Waals surface area contributed by atoms with Crippen LogP contribution in [0.5, 0.6) is 0 Å². The Kier molecular flexibility index (Phi) is 5.86. The summed E-state index contributed by atoms with van der Waals surface area (Å²) in [6.07, 6.45) is 1.05. The minimum atomic E-state index is 0.763. The zero-order chi connectivity index (χ0) is 19.5. The molecule has 0 radical (unpaired) electrons. The lowest BCUT2D eigenvalue weighted by molar-refractivity contribution is 0.0341. The van der Waals surface area contributed by atoms with Crippen molar-refractivity contribution >= 4 is 11.6 Å². The molecule has 4 heteroatoms. The average Bonchev–Trinajstić information content (AvgIpc) is 3.05. The van der Waals surface area contributed by atoms with E-state index in [1.807, 2.05) is 12.1 Å². The summed E-state index contributed by atoms with van der Waals surface area (Å²) in [6.45, 7) is 9.00. The summed E-state index contributed by atoms with van der Waals surface area (Å²) in [6, 6.07) is 19.4. The van der Waals surface area contributed by atoms with Crippen LogP contribution in [0.25, 0.3) is 16.9 Å². The van der Waals surface area contributed by atoms with Crippen LogP contribution in [0.1, 0.15) is 23.7 Å². The molecule has 28 heavy (non-hydrogen) atoms. The van der Waals surface area contributed by atoms with Gasteiger partial charge in [0, 0.05) is 36.0 Å². The van der Waals surface area contributed by atoms with Crippen molar-refractivity contribution in [1.29, 1.82) is 0 Å². The Morgan fingerprint density at radius 3 is 2.29 bits per heavy atom. The van der Waals surface area contributed by atoms with E-state index in [9.17, 15) is 0 Å². The lowest BCUT2D eigenvalue weighted by atomic mass is 10.1. The molecule has 3 nitrogen and oxygen atoms in total. The van der Waals surface area contributed by atoms with Crippen molar-refractivity contribution in [2.24, 2.45) is 0 Å². The molecule has 0 saturated carbocycles. The van der Waals surface area contributed by atoms with Crippen molar-refractivity contribution in [3.05, 3.63) is 76.4 Å². The summed E-state index contributed by atoms with van der Waals surface area (Å²) in [5.74, 6) is 0. The summed E-state index contributed by atoms with van der Waals surface area (Å²) in [5, 5.41) is 0.763. The van der Waals surface area contributed by atoms with Gasteiger partial charge in [0.15, 0.2) is 0 Å². The topological polar surface area (TPSA) is 17.4 Å². The number of aromatic nitrogens is 1. The molecule has 1 saturated heterocycles. The van der Waals surface area contributed by atoms with Gasteiger partial charge < -0.3 is 9.30 Å². The molecule has 0 unspecified atom stereocenters. The van der Waals surface area contributed by atoms with Crippen LogP contribution >= 0.6 is 11.6 Å². The monoisotopic (exact) mass is 394 g/mol. The second kappa shape index (κ2) is 8.52. The number of benzene rings is 2. The van der Waals surface area contributed by atoms with E-state index in [4.69, 9.17) is 16.3 Å². The maximum Gasteiger partial charge on any atom is 0.0594 e. The van der Waals surface area contributed by atoms with Crippen molar-refractivity contribution in [3.63, 3.8) is 0 Å². The predicted molar refractivity (Wildman–Crippen MR) is 116 cm³/mol. The van der Waals surface area contributed by atoms with Gasteiger partial charge in [0.2, 0.25) is 0 Å². The smallest absolute Gasteiger partial charge is 0.0594 e. The van der Waals surface area contributed by atoms with E-state index in [0.29, 0.717) is 0 Å². The van der Waals surface area contributed by atoms with Gasteiger partial charge in [-0.15, -0.1) is 0 Å². The van der Waals surface area contributed by atoms with Crippen LogP contribution in [0.3, 0.4) is 0 Å². The largest absolute Gasteiger partial charge is 0.379 e. The number of rotatable bonds is 5. The van der Waals surface area contributed by atoms with Crippen LogP contribution in [0.15, 0.2) is 54.6 Å². The van der Waals surface area contributed by atoms with Crippen LogP contribution < -0.4 is 0 Å². The summed E-state index contributed by atoms with van der Waals surface area (Å²) in [4.78, 5) is 2.47. The predicted octanol–water partition coefficient (Wildman–Crippen LogP) is 5.50. The van der Waals surface area contributed by atoms with Gasteiger partial charge >= 0.3 is 0 Å². The quantitative estimate of drug-likeness (QED) is 0.568. The first-order valence-corrected chi connectivity index (χ1v) is 10.4. The minimum absolute atomic E-state index is 0.763. The standard InChI is InChI=1S/C24H27ClN2O/c1-3-19-4-10-23(11-5-19)27-18(2)21(17-26-12-14-28-15-13-26)16-24(27)20-6-8-22(25)9-7-20/h4-11,16H,3,12-15,17H2,1-2H3. The van der Waals surface area contributed by atoms with E-state index in [1.54, 1.807) is 0 Å². The van der Waals surface area contributed by atoms with Crippen molar-refractivity contribution in [2.45, 2.75) is 26.8 Å². The average molecular weight is 395 g/mol. The minimum Gasteiger partial charge on any atom is -0.379 e. The van der Waals surface area contributed by atoms with Crippen LogP contribution in [0.2, 0.25) is 5.02 Å². The maximum absolute atomic E-state index is 6.13. The van der Waals surface area contributed by atoms with E-state index in [0.717, 1.165) is 44.3 Å². The number of morpholine rings is 1. The molecule has 3 aromatic rings. The van der Waals surface area contributed by atoms with Gasteiger partial charge in [-0.3, -0.25) is 4.90 Å². The lowest BCUT2D eigenvalue weighted by Gasteiger charge is -2.26. The molecule has 0 aliphatic carbocycles. The van der Waals surface area contributed by atoms with Gasteiger partial charge in [0.1, 0.15) is 0 Å². The molecule has 4 rings (SSSR count). The molecule has 0 amide bonds. The van der Waals surface area contributed by atoms with E-state index in [1.165, 1.54) is 33.8 Å². The fourth-order valence-electron chi connectivity index (χ4n) is 3.87. The van der Waals surface area contributed by atoms with Crippen LogP contribution in [0.4, 0.5) is 0 Å². The molecule has 0 atom stereocenters. The van der Waals surface area contributed by atoms with Gasteiger partial charge in [0.05, 0.1) is 18.9 Å². The van der Waals surface area contributed by atoms with Crippen molar-refractivity contribution < 1.29 is 4.74 Å². The second-order valence-electron chi connectivity index (χ2n) is 7.39. The fourth-order valence-corrected chi connectivity index (χ4v) is 3.99. The molecular formula is C24H27ClN2O. The van der Waals surface area contributed by atoms with Crippen LogP contribution in [-0.2, 0) is 17.7 Å². The Hall–Kier alpha value is -2.07. The van der Waals surface area contributed by atoms with Crippen LogP contribution in [0, 0.1) is 6.92 Å². The molecule has 146 valence electrons. The fraction of sp³-hybridized carbons (Fsp3) is 0.333. The Balaban J connectivity index is 1.77. The molecule has 2 aromatic carbocycles. The maximum atomic E-state index is 6.13. The summed E-state index contributed by atoms with van der Waals surface area (Å²) < 4.78 is 7.88. The number of halogens is 1. The van der Waals surface area contributed by atoms with E-state index < -0.39 is 0 Å². The zero-order valence-corrected chi connectivity index (χ0v) is 17.4. The Morgan fingerprint density at radius 1 is 0.964 bits per heavy atom. The third-order valence-corrected chi connectivity index (χ3v) is 5.84. The molecule has 1 aliphatic rings. The highest BCUT2D eigenvalue weighted by Crippen LogP contribution is 2.31. The first-order chi connectivity index (χ1) is 13.7. The third-order valence-electron chi connectivity index (χ3n) is 5.59. The highest BCUT2D eigenvalue weighted by Gasteiger charge is 2.18. The lowest BCUT2D eigenvalue weighted by Crippen LogP contribution is -2.35. The van der Waals surface area contributed by atoms with E-state index in [-0.39, 0.29) is 0 Å². The van der Waals surface area contributed by atoms with E-state index >= 15 is 0 Å². The molecule has 2 heterocycles. The van der Waals surface area contributed by atoms with Crippen LogP contribution in [-0.4, -0.2) is 35.8 Å². The number of hydrogen-bond acceptors (Lipinski definition) is 2. The summed E-state index contributed by atoms with van der Waals surface area (Å²) in [5.41, 5.74) is 7.61. The first-order valence-electron chi connectivity index (χ1n) is 10.0. The number of hydrogen-bond donors (Lipinski definition) is 0. The Bertz CT molecular complexity index is 922. The van der Waals surface area contributed by atoms with Gasteiger partial charge in [-0.25, -0.2) is 0 Å². The number of ether oxygens (including phenoxy) is 1. The summed E-state index contributed by atoms with van der Waals surface area (Å²) in [7, 11) is 0. The van der Waals surface area contributed by atoms with Crippen molar-refractivity contribution in [2.75, 3.05) is 26.3 Å². The number of aryl methyl sites for hydroxylation is 1. The summed E-state index contributed by atoms with van der Waals surface area (Å²) >= 11 is 6.13. The van der Waals surface area contributed by atoms with Gasteiger partial charge in [0.25, 0.3) is 0 Å². The number of nitrogens with zero attached hydrogens (tertiary/aromatic N) is 2. The van der Waals surface area contributed by atoms with Crippen molar-refractivity contribution in [1.82, 2.24) is 9.47 Å². The highest BCUT2D eigenvalue weighted by molar-refractivity contribution is 6.30. The van der Waals surface area contributed by atoms with E-state index in [2.05, 4.69) is 65.8 Å². The molecule has 1 aromatic heterocycles. The normalized spacial score (nSPS) is 15.1. The SMILES string of the molecule is CCc1ccc(-n2c(-c3ccc(Cl)cc3)cc(CN3CCOCC3)c2C)cc1. The molecule has 0 N–H and O–H groups in total. The molecular weight excluding hydrogens is 368 g/mol. The van der Waals surface area contributed by atoms with Gasteiger partial charge in [-0.2, -0.15) is 0 Å². The molecule has 0 spiro atoms. The van der Waals surface area contributed by atoms with Gasteiger partial charge in [-0.1, -0.05) is 42.8 Å². The highest BCUT2D eigenvalue weighted by atomic mass is 35.5. The van der Waals surface area contributed by atoms with Crippen molar-refractivity contribution in [3.8, 4) is 16.9 Å². The molecule has 0 bridgehead atoms. The first kappa shape index (κ1) is 19.3. The second-order valence-corrected chi connectivity index (χ2v) is 7.83. The molecule has 1 fully saturated rings. The third kappa shape index (κ3) is 4.02. The Morgan fingerprint density at radius 2 is 1.64 bits per heavy atom. The zero-order valence-electron chi connectivity index (χ0n) is 16.6. The van der Waals surface area contributed by atoms with Gasteiger partial charge in [-0.05, 0) is 60.4 Å². The Labute approximate surface area is 172 Å². The molecule has 1 aliphatic heterocycles.